The van der Waals surface area contributed by atoms with Gasteiger partial charge in [0.25, 0.3) is 0 Å². The average Bonchev–Trinajstić information content (AvgIpc) is 2.92. The Hall–Kier alpha value is -4.87. The Kier molecular flexibility index (Phi) is 7.63. The highest BCUT2D eigenvalue weighted by Crippen LogP contribution is 2.37. The smallest absolute Gasteiger partial charge is 0.355 e. The Balaban J connectivity index is 1.85. The molecule has 2 atom stereocenters. The van der Waals surface area contributed by atoms with Crippen LogP contribution in [-0.2, 0) is 4.79 Å². The molecule has 0 spiro atoms. The first-order valence-electron chi connectivity index (χ1n) is 13.9. The number of carbonyl (C=O) groups excluding carboxylic acids is 1. The Bertz CT molecular complexity index is 1810. The lowest BCUT2D eigenvalue weighted by molar-refractivity contribution is -0.130. The second kappa shape index (κ2) is 11.1. The van der Waals surface area contributed by atoms with E-state index < -0.39 is 34.3 Å². The van der Waals surface area contributed by atoms with Crippen molar-refractivity contribution in [3.05, 3.63) is 76.4 Å². The van der Waals surface area contributed by atoms with Gasteiger partial charge in [0.1, 0.15) is 28.9 Å². The number of phenolic OH excluding ortho intramolecular Hbond substituents is 1. The number of nitrogen functional groups attached to an aromatic ring is 1. The van der Waals surface area contributed by atoms with Crippen LogP contribution in [0.5, 0.6) is 5.75 Å². The number of hydrogen-bond donors (Lipinski definition) is 2. The molecule has 3 aromatic heterocycles. The van der Waals surface area contributed by atoms with Gasteiger partial charge in [-0.25, -0.2) is 28.1 Å². The second-order valence-corrected chi connectivity index (χ2v) is 11.2. The van der Waals surface area contributed by atoms with Crippen molar-refractivity contribution in [1.82, 2.24) is 24.4 Å². The quantitative estimate of drug-likeness (QED) is 0.327. The van der Waals surface area contributed by atoms with Crippen molar-refractivity contribution >= 4 is 28.6 Å². The van der Waals surface area contributed by atoms with Gasteiger partial charge in [-0.05, 0) is 62.6 Å². The third-order valence-electron chi connectivity index (χ3n) is 7.68. The summed E-state index contributed by atoms with van der Waals surface area (Å²) in [7, 11) is 0. The summed E-state index contributed by atoms with van der Waals surface area (Å²) >= 11 is 0. The number of carbonyl (C=O) groups is 1. The number of aromatic nitrogens is 4. The molecule has 1 aliphatic rings. The van der Waals surface area contributed by atoms with Crippen LogP contribution in [0.3, 0.4) is 0 Å². The molecule has 0 aliphatic carbocycles. The first-order chi connectivity index (χ1) is 20.3. The highest BCUT2D eigenvalue weighted by molar-refractivity contribution is 5.91. The Labute approximate surface area is 247 Å². The minimum Gasteiger partial charge on any atom is -0.507 e. The van der Waals surface area contributed by atoms with Crippen LogP contribution in [-0.4, -0.2) is 60.6 Å². The fourth-order valence-corrected chi connectivity index (χ4v) is 5.92. The number of hydrogen-bond acceptors (Lipinski definition) is 8. The average molecular weight is 590 g/mol. The molecule has 1 aromatic carbocycles. The summed E-state index contributed by atoms with van der Waals surface area (Å²) in [4.78, 5) is 43.4. The number of pyridine rings is 2. The van der Waals surface area contributed by atoms with Crippen LogP contribution in [0, 0.1) is 18.6 Å². The summed E-state index contributed by atoms with van der Waals surface area (Å²) in [5, 5.41) is 10.7. The van der Waals surface area contributed by atoms with Gasteiger partial charge >= 0.3 is 5.69 Å². The van der Waals surface area contributed by atoms with Crippen LogP contribution >= 0.6 is 0 Å². The maximum atomic E-state index is 15.9. The number of fused-ring (bicyclic) bond motifs is 1. The Morgan fingerprint density at radius 2 is 1.79 bits per heavy atom. The van der Waals surface area contributed by atoms with Gasteiger partial charge in [-0.1, -0.05) is 26.5 Å². The van der Waals surface area contributed by atoms with Gasteiger partial charge in [0.2, 0.25) is 5.91 Å². The fraction of sp³-hybridized carbons (Fsp3) is 0.323. The van der Waals surface area contributed by atoms with E-state index in [9.17, 15) is 19.1 Å². The zero-order valence-electron chi connectivity index (χ0n) is 24.6. The Morgan fingerprint density at radius 1 is 1.12 bits per heavy atom. The number of benzene rings is 1. The summed E-state index contributed by atoms with van der Waals surface area (Å²) in [5.41, 5.74) is 5.90. The minimum absolute atomic E-state index is 0.00414. The molecular formula is C31H33F2N7O3. The number of piperazine rings is 1. The van der Waals surface area contributed by atoms with Gasteiger partial charge in [-0.3, -0.25) is 4.79 Å². The SMILES string of the molecule is C=CC(=O)N1[C@H](C)CN(c2nc(=O)n(-c3c(C)cc(N)nc3C(C)C)c3nc(-c4c(O)cccc4F)c(F)cc23)C[C@@H]1C. The molecule has 1 aliphatic heterocycles. The molecule has 5 rings (SSSR count). The van der Waals surface area contributed by atoms with E-state index in [4.69, 9.17) is 5.73 Å². The first-order valence-corrected chi connectivity index (χ1v) is 13.9. The summed E-state index contributed by atoms with van der Waals surface area (Å²) < 4.78 is 32.1. The van der Waals surface area contributed by atoms with Crippen molar-refractivity contribution in [1.29, 1.82) is 0 Å². The molecule has 0 bridgehead atoms. The van der Waals surface area contributed by atoms with Gasteiger partial charge in [-0.2, -0.15) is 4.98 Å². The molecule has 3 N–H and O–H groups in total. The number of anilines is 2. The van der Waals surface area contributed by atoms with E-state index in [2.05, 4.69) is 21.5 Å². The topological polar surface area (TPSA) is 130 Å². The lowest BCUT2D eigenvalue weighted by Crippen LogP contribution is -2.58. The molecule has 1 fully saturated rings. The molecule has 4 aromatic rings. The minimum atomic E-state index is -0.918. The highest BCUT2D eigenvalue weighted by Gasteiger charge is 2.34. The van der Waals surface area contributed by atoms with Crippen LogP contribution < -0.4 is 16.3 Å². The molecule has 0 radical (unpaired) electrons. The van der Waals surface area contributed by atoms with Crippen LogP contribution in [0.1, 0.15) is 44.9 Å². The summed E-state index contributed by atoms with van der Waals surface area (Å²) in [6, 6.07) is 5.81. The molecule has 224 valence electrons. The van der Waals surface area contributed by atoms with Gasteiger partial charge in [-0.15, -0.1) is 0 Å². The van der Waals surface area contributed by atoms with E-state index in [1.807, 2.05) is 32.6 Å². The first kappa shape index (κ1) is 29.6. The number of halogens is 2. The lowest BCUT2D eigenvalue weighted by Gasteiger charge is -2.44. The maximum Gasteiger partial charge on any atom is 0.355 e. The van der Waals surface area contributed by atoms with Gasteiger partial charge < -0.3 is 20.6 Å². The molecule has 10 nitrogen and oxygen atoms in total. The van der Waals surface area contributed by atoms with Crippen molar-refractivity contribution in [3.8, 4) is 22.7 Å². The monoisotopic (exact) mass is 589 g/mol. The number of nitrogens with zero attached hydrogens (tertiary/aromatic N) is 6. The van der Waals surface area contributed by atoms with Gasteiger partial charge in [0.05, 0.1) is 22.3 Å². The fourth-order valence-electron chi connectivity index (χ4n) is 5.92. The third kappa shape index (κ3) is 5.06. The second-order valence-electron chi connectivity index (χ2n) is 11.2. The predicted octanol–water partition coefficient (Wildman–Crippen LogP) is 4.45. The normalized spacial score (nSPS) is 17.1. The number of phenols is 1. The largest absolute Gasteiger partial charge is 0.507 e. The summed E-state index contributed by atoms with van der Waals surface area (Å²) in [6.45, 7) is 13.5. The third-order valence-corrected chi connectivity index (χ3v) is 7.68. The van der Waals surface area contributed by atoms with Gasteiger partial charge in [0, 0.05) is 25.2 Å². The molecule has 0 unspecified atom stereocenters. The van der Waals surface area contributed by atoms with E-state index in [1.165, 1.54) is 22.8 Å². The molecule has 43 heavy (non-hydrogen) atoms. The number of amides is 1. The van der Waals surface area contributed by atoms with Crippen LogP contribution in [0.4, 0.5) is 20.4 Å². The van der Waals surface area contributed by atoms with Crippen molar-refractivity contribution in [2.24, 2.45) is 0 Å². The molecule has 1 amide bonds. The van der Waals surface area contributed by atoms with E-state index in [-0.39, 0.29) is 46.6 Å². The summed E-state index contributed by atoms with van der Waals surface area (Å²) in [6.07, 6.45) is 1.26. The highest BCUT2D eigenvalue weighted by atomic mass is 19.1. The standard InChI is InChI=1S/C31H33F2N7O3/c1-7-24(42)39-17(5)13-38(14-18(39)6)29-19-12-21(33)27(25-20(32)9-8-10-22(25)41)36-30(19)40(31(43)37-29)28-16(4)11-23(34)35-26(28)15(2)3/h7-12,15,17-18,41H,1,13-14H2,2-6H3,(H2,34,35)/t17-,18+. The van der Waals surface area contributed by atoms with E-state index in [0.717, 1.165) is 12.1 Å². The number of aromatic hydroxyl groups is 1. The van der Waals surface area contributed by atoms with E-state index in [1.54, 1.807) is 17.9 Å². The molecule has 1 saturated heterocycles. The van der Waals surface area contributed by atoms with Crippen molar-refractivity contribution < 1.29 is 18.7 Å². The van der Waals surface area contributed by atoms with Crippen molar-refractivity contribution in [3.63, 3.8) is 0 Å². The predicted molar refractivity (Wildman–Crippen MR) is 161 cm³/mol. The Morgan fingerprint density at radius 3 is 2.40 bits per heavy atom. The van der Waals surface area contributed by atoms with Crippen molar-refractivity contribution in [2.75, 3.05) is 23.7 Å². The zero-order chi connectivity index (χ0) is 31.3. The van der Waals surface area contributed by atoms with E-state index in [0.29, 0.717) is 30.0 Å². The van der Waals surface area contributed by atoms with Crippen LogP contribution in [0.15, 0.2) is 47.8 Å². The molecular weight excluding hydrogens is 556 g/mol. The number of aryl methyl sites for hydroxylation is 1. The molecule has 12 heteroatoms. The zero-order valence-corrected chi connectivity index (χ0v) is 24.6. The van der Waals surface area contributed by atoms with Crippen LogP contribution in [0.2, 0.25) is 0 Å². The maximum absolute atomic E-state index is 15.9. The lowest BCUT2D eigenvalue weighted by atomic mass is 10.0. The number of nitrogens with two attached hydrogens (primary N) is 1. The van der Waals surface area contributed by atoms with Crippen LogP contribution in [0.25, 0.3) is 28.0 Å². The summed E-state index contributed by atoms with van der Waals surface area (Å²) in [5.74, 6) is -2.27. The van der Waals surface area contributed by atoms with E-state index >= 15 is 4.39 Å². The number of rotatable bonds is 5. The van der Waals surface area contributed by atoms with Gasteiger partial charge in [0.15, 0.2) is 11.5 Å². The molecule has 0 saturated carbocycles. The molecule has 4 heterocycles. The van der Waals surface area contributed by atoms with Crippen molar-refractivity contribution in [2.45, 2.75) is 52.6 Å².